The van der Waals surface area contributed by atoms with E-state index in [0.29, 0.717) is 32.1 Å². The number of ketones is 4. The minimum absolute atomic E-state index is 0.0235. The second-order valence-electron chi connectivity index (χ2n) is 20.2. The maximum absolute atomic E-state index is 15.4. The van der Waals surface area contributed by atoms with Gasteiger partial charge in [-0.1, -0.05) is 67.7 Å². The average Bonchev–Trinajstić information content (AvgIpc) is 3.94. The molecular formula is C44H66F2N2O7. The van der Waals surface area contributed by atoms with Crippen molar-refractivity contribution in [2.75, 3.05) is 13.1 Å². The molecule has 5 fully saturated rings. The molecule has 0 bridgehead atoms. The van der Waals surface area contributed by atoms with Gasteiger partial charge in [-0.05, 0) is 78.4 Å². The topological polar surface area (TPSA) is 126 Å². The SMILES string of the molecule is CCC1(C)CC(=O)N(C[C@@H](CC(=O)C[C@H]2CCC(F)(F)CCCCCC[C@@H](C(=O)C(=O)CC3CC3)CC(=O)[C@@H]3[C@@H]4[C@H](CN3C2=O)C4(C)C)C(C)(C)C)C(=O)C1. The zero-order valence-corrected chi connectivity index (χ0v) is 34.5. The van der Waals surface area contributed by atoms with Gasteiger partial charge < -0.3 is 4.90 Å². The molecule has 0 aromatic carbocycles. The summed E-state index contributed by atoms with van der Waals surface area (Å²) in [6.45, 7) is 14.1. The van der Waals surface area contributed by atoms with Gasteiger partial charge in [-0.3, -0.25) is 38.5 Å². The number of hydrogen-bond donors (Lipinski definition) is 0. The minimum Gasteiger partial charge on any atom is -0.332 e. The molecule has 0 radical (unpaired) electrons. The molecule has 3 amide bonds. The number of imide groups is 1. The Morgan fingerprint density at radius 2 is 1.49 bits per heavy atom. The van der Waals surface area contributed by atoms with E-state index in [2.05, 4.69) is 0 Å². The summed E-state index contributed by atoms with van der Waals surface area (Å²) in [7, 11) is 0. The summed E-state index contributed by atoms with van der Waals surface area (Å²) >= 11 is 0. The summed E-state index contributed by atoms with van der Waals surface area (Å²) in [5.74, 6) is -7.82. The molecule has 11 heteroatoms. The summed E-state index contributed by atoms with van der Waals surface area (Å²) in [6, 6.07) is -0.848. The van der Waals surface area contributed by atoms with E-state index in [4.69, 9.17) is 0 Å². The Kier molecular flexibility index (Phi) is 13.0. The summed E-state index contributed by atoms with van der Waals surface area (Å²) in [5, 5.41) is 0. The van der Waals surface area contributed by atoms with Crippen LogP contribution in [-0.4, -0.2) is 75.7 Å². The number of halogens is 2. The van der Waals surface area contributed by atoms with Crippen LogP contribution in [0.15, 0.2) is 0 Å². The molecule has 0 aromatic heterocycles. The molecule has 0 N–H and O–H groups in total. The number of carbonyl (C=O) groups excluding carboxylic acids is 7. The smallest absolute Gasteiger partial charge is 0.248 e. The fourth-order valence-corrected chi connectivity index (χ4v) is 9.74. The lowest BCUT2D eigenvalue weighted by Gasteiger charge is -2.40. The van der Waals surface area contributed by atoms with Gasteiger partial charge >= 0.3 is 0 Å². The second-order valence-corrected chi connectivity index (χ2v) is 20.2. The Morgan fingerprint density at radius 3 is 2.09 bits per heavy atom. The Hall–Kier alpha value is -2.85. The quantitative estimate of drug-likeness (QED) is 0.154. The van der Waals surface area contributed by atoms with Crippen molar-refractivity contribution in [1.29, 1.82) is 0 Å². The predicted molar refractivity (Wildman–Crippen MR) is 204 cm³/mol. The van der Waals surface area contributed by atoms with Gasteiger partial charge in [0.25, 0.3) is 0 Å². The van der Waals surface area contributed by atoms with Crippen molar-refractivity contribution >= 4 is 40.9 Å². The van der Waals surface area contributed by atoms with Gasteiger partial charge in [0.15, 0.2) is 11.6 Å². The van der Waals surface area contributed by atoms with E-state index in [1.165, 1.54) is 9.80 Å². The monoisotopic (exact) mass is 772 g/mol. The molecule has 55 heavy (non-hydrogen) atoms. The lowest BCUT2D eigenvalue weighted by atomic mass is 9.74. The largest absolute Gasteiger partial charge is 0.332 e. The Bertz CT molecular complexity index is 1510. The lowest BCUT2D eigenvalue weighted by Crippen LogP contribution is -2.50. The highest BCUT2D eigenvalue weighted by Gasteiger charge is 2.69. The molecule has 6 atom stereocenters. The minimum atomic E-state index is -3.05. The molecule has 5 aliphatic rings. The maximum atomic E-state index is 15.4. The van der Waals surface area contributed by atoms with Crippen molar-refractivity contribution in [3.05, 3.63) is 0 Å². The van der Waals surface area contributed by atoms with Gasteiger partial charge in [-0.25, -0.2) is 8.78 Å². The van der Waals surface area contributed by atoms with Gasteiger partial charge in [0, 0.05) is 76.3 Å². The highest BCUT2D eigenvalue weighted by Crippen LogP contribution is 2.65. The van der Waals surface area contributed by atoms with Crippen LogP contribution >= 0.6 is 0 Å². The zero-order valence-electron chi connectivity index (χ0n) is 34.5. The van der Waals surface area contributed by atoms with E-state index >= 15 is 8.78 Å². The van der Waals surface area contributed by atoms with Crippen molar-refractivity contribution < 1.29 is 42.3 Å². The van der Waals surface area contributed by atoms with E-state index in [1.807, 2.05) is 48.5 Å². The number of hydrogen-bond acceptors (Lipinski definition) is 7. The first-order valence-corrected chi connectivity index (χ1v) is 21.2. The van der Waals surface area contributed by atoms with Gasteiger partial charge in [0.2, 0.25) is 29.4 Å². The molecule has 2 aliphatic carbocycles. The Labute approximate surface area is 326 Å². The molecule has 9 nitrogen and oxygen atoms in total. The molecule has 0 spiro atoms. The van der Waals surface area contributed by atoms with E-state index in [9.17, 15) is 33.6 Å². The first-order chi connectivity index (χ1) is 25.6. The highest BCUT2D eigenvalue weighted by atomic mass is 19.3. The molecular weight excluding hydrogens is 706 g/mol. The van der Waals surface area contributed by atoms with Gasteiger partial charge in [0.05, 0.1) is 6.04 Å². The number of fused-ring (bicyclic) bond motifs is 3. The molecule has 5 rings (SSSR count). The number of amides is 3. The number of alkyl halides is 2. The third-order valence-electron chi connectivity index (χ3n) is 14.3. The summed E-state index contributed by atoms with van der Waals surface area (Å²) in [5.41, 5.74) is -1.12. The van der Waals surface area contributed by atoms with Crippen LogP contribution in [0, 0.1) is 51.8 Å². The fourth-order valence-electron chi connectivity index (χ4n) is 9.74. The van der Waals surface area contributed by atoms with Crippen LogP contribution in [0.4, 0.5) is 8.78 Å². The Morgan fingerprint density at radius 1 is 0.855 bits per heavy atom. The zero-order chi connectivity index (χ0) is 40.7. The number of likely N-dealkylation sites (tertiary alicyclic amines) is 1. The first-order valence-electron chi connectivity index (χ1n) is 21.2. The van der Waals surface area contributed by atoms with Crippen molar-refractivity contribution in [2.45, 2.75) is 170 Å². The fraction of sp³-hybridized carbons (Fsp3) is 0.841. The molecule has 3 saturated heterocycles. The van der Waals surface area contributed by atoms with Crippen LogP contribution in [0.2, 0.25) is 0 Å². The summed E-state index contributed by atoms with van der Waals surface area (Å²) in [6.07, 6.45) is 3.87. The third kappa shape index (κ3) is 10.4. The van der Waals surface area contributed by atoms with Crippen molar-refractivity contribution in [3.8, 4) is 0 Å². The van der Waals surface area contributed by atoms with Gasteiger partial charge in [-0.15, -0.1) is 0 Å². The number of Topliss-reactive ketones (excluding diaryl/α,β-unsaturated/α-hetero) is 4. The molecule has 308 valence electrons. The van der Waals surface area contributed by atoms with Crippen LogP contribution < -0.4 is 0 Å². The standard InChI is InChI=1S/C44H66F2N2O7/c1-8-43(7)23-35(52)47(36(53)24-43)25-30(41(2,3)4)22-31(49)20-29-16-18-44(45,46)17-12-10-9-11-13-28(39(54)34(51)19-27-14-15-27)21-33(50)38-37-32(42(37,5)6)26-48(38)40(29)55/h27-30,32,37-38H,8-26H2,1-7H3/t28-,29-,30-,32+,37+,38-/m1/s1. The van der Waals surface area contributed by atoms with Crippen molar-refractivity contribution in [2.24, 2.45) is 51.8 Å². The van der Waals surface area contributed by atoms with Crippen LogP contribution in [0.5, 0.6) is 0 Å². The first kappa shape index (κ1) is 43.3. The molecule has 2 saturated carbocycles. The maximum Gasteiger partial charge on any atom is 0.248 e. The van der Waals surface area contributed by atoms with E-state index in [-0.39, 0.29) is 117 Å². The molecule has 3 aliphatic heterocycles. The van der Waals surface area contributed by atoms with Crippen molar-refractivity contribution in [1.82, 2.24) is 9.80 Å². The van der Waals surface area contributed by atoms with Gasteiger partial charge in [-0.2, -0.15) is 0 Å². The average molecular weight is 773 g/mol. The van der Waals surface area contributed by atoms with Gasteiger partial charge in [0.1, 0.15) is 5.78 Å². The van der Waals surface area contributed by atoms with Crippen molar-refractivity contribution in [3.63, 3.8) is 0 Å². The normalized spacial score (nSPS) is 30.7. The summed E-state index contributed by atoms with van der Waals surface area (Å²) < 4.78 is 30.8. The third-order valence-corrected chi connectivity index (χ3v) is 14.3. The van der Waals surface area contributed by atoms with Crippen LogP contribution in [-0.2, 0) is 33.6 Å². The molecule has 0 aromatic rings. The van der Waals surface area contributed by atoms with Crippen LogP contribution in [0.3, 0.4) is 0 Å². The van der Waals surface area contributed by atoms with Crippen LogP contribution in [0.25, 0.3) is 0 Å². The van der Waals surface area contributed by atoms with E-state index < -0.39 is 64.4 Å². The molecule has 3 heterocycles. The van der Waals surface area contributed by atoms with E-state index in [0.717, 1.165) is 12.8 Å². The second kappa shape index (κ2) is 16.6. The predicted octanol–water partition coefficient (Wildman–Crippen LogP) is 7.95. The number of carbonyl (C=O) groups is 7. The number of nitrogens with zero attached hydrogens (tertiary/aromatic N) is 2. The number of piperidine rings is 2. The lowest BCUT2D eigenvalue weighted by molar-refractivity contribution is -0.155. The summed E-state index contributed by atoms with van der Waals surface area (Å²) in [4.78, 5) is 98.5. The van der Waals surface area contributed by atoms with E-state index in [1.54, 1.807) is 0 Å². The van der Waals surface area contributed by atoms with Crippen LogP contribution in [0.1, 0.15) is 158 Å². The molecule has 0 unspecified atom stereocenters. The Balaban J connectivity index is 1.37. The number of rotatable bonds is 11. The highest BCUT2D eigenvalue weighted by molar-refractivity contribution is 6.38.